The number of hydrogen-bond donors (Lipinski definition) is 0. The summed E-state index contributed by atoms with van der Waals surface area (Å²) in [6.45, 7) is 3.93. The Hall–Kier alpha value is -2.62. The fourth-order valence-corrected chi connectivity index (χ4v) is 5.42. The Morgan fingerprint density at radius 3 is 2.53 bits per heavy atom. The first-order valence-electron chi connectivity index (χ1n) is 10.6. The van der Waals surface area contributed by atoms with Gasteiger partial charge in [0.25, 0.3) is 5.13 Å². The second-order valence-electron chi connectivity index (χ2n) is 8.16. The van der Waals surface area contributed by atoms with Gasteiger partial charge in [0.05, 0.1) is 5.56 Å². The summed E-state index contributed by atoms with van der Waals surface area (Å²) in [5, 5.41) is 2.73. The second-order valence-corrected chi connectivity index (χ2v) is 9.03. The molecule has 1 saturated heterocycles. The molecule has 2 aromatic carbocycles. The molecule has 3 heterocycles. The maximum Gasteiger partial charge on any atom is 0.416 e. The van der Waals surface area contributed by atoms with Crippen LogP contribution in [0.15, 0.2) is 54.0 Å². The van der Waals surface area contributed by atoms with Crippen molar-refractivity contribution in [2.24, 2.45) is 0 Å². The molecule has 0 saturated carbocycles. The SMILES string of the molecule is CN1CCN(c2cc(C(F)(F)F)ccc2[N+]2(c3nccs3)CCOc3ccccc32)CC1. The van der Waals surface area contributed by atoms with Crippen molar-refractivity contribution < 1.29 is 17.9 Å². The molecule has 0 bridgehead atoms. The zero-order chi connectivity index (χ0) is 22.3. The van der Waals surface area contributed by atoms with Crippen LogP contribution >= 0.6 is 11.3 Å². The minimum absolute atomic E-state index is 0.244. The van der Waals surface area contributed by atoms with Crippen molar-refractivity contribution in [2.45, 2.75) is 6.18 Å². The van der Waals surface area contributed by atoms with Gasteiger partial charge in [-0.25, -0.2) is 0 Å². The maximum atomic E-state index is 13.7. The van der Waals surface area contributed by atoms with Crippen molar-refractivity contribution in [3.8, 4) is 5.75 Å². The highest BCUT2D eigenvalue weighted by Crippen LogP contribution is 2.54. The summed E-state index contributed by atoms with van der Waals surface area (Å²) >= 11 is 1.51. The number of halogens is 3. The van der Waals surface area contributed by atoms with Crippen LogP contribution in [0.1, 0.15) is 5.56 Å². The predicted octanol–water partition coefficient (Wildman–Crippen LogP) is 5.28. The van der Waals surface area contributed by atoms with E-state index in [0.29, 0.717) is 31.9 Å². The van der Waals surface area contributed by atoms with E-state index in [1.165, 1.54) is 23.5 Å². The lowest BCUT2D eigenvalue weighted by Crippen LogP contribution is -2.48. The monoisotopic (exact) mass is 461 g/mol. The van der Waals surface area contributed by atoms with Gasteiger partial charge in [-0.1, -0.05) is 23.5 Å². The van der Waals surface area contributed by atoms with Gasteiger partial charge in [0.15, 0.2) is 17.1 Å². The summed E-state index contributed by atoms with van der Waals surface area (Å²) in [5.74, 6) is 0.734. The van der Waals surface area contributed by atoms with Gasteiger partial charge in [-0.2, -0.15) is 22.6 Å². The van der Waals surface area contributed by atoms with Gasteiger partial charge in [0, 0.05) is 49.9 Å². The summed E-state index contributed by atoms with van der Waals surface area (Å²) in [6, 6.07) is 11.9. The van der Waals surface area contributed by atoms with Gasteiger partial charge in [-0.15, -0.1) is 0 Å². The minimum atomic E-state index is -4.41. The van der Waals surface area contributed by atoms with Crippen LogP contribution in [0, 0.1) is 0 Å². The molecule has 0 N–H and O–H groups in total. The van der Waals surface area contributed by atoms with Crippen LogP contribution in [0.3, 0.4) is 0 Å². The predicted molar refractivity (Wildman–Crippen MR) is 121 cm³/mol. The summed E-state index contributed by atoms with van der Waals surface area (Å²) in [4.78, 5) is 8.92. The van der Waals surface area contributed by atoms with Crippen LogP contribution in [-0.4, -0.2) is 56.3 Å². The number of anilines is 1. The van der Waals surface area contributed by atoms with Crippen LogP contribution in [0.25, 0.3) is 0 Å². The molecule has 0 aliphatic carbocycles. The van der Waals surface area contributed by atoms with E-state index in [4.69, 9.17) is 4.74 Å². The van der Waals surface area contributed by atoms with Crippen molar-refractivity contribution in [1.29, 1.82) is 0 Å². The Morgan fingerprint density at radius 1 is 1.03 bits per heavy atom. The topological polar surface area (TPSA) is 28.6 Å². The molecule has 5 nitrogen and oxygen atoms in total. The van der Waals surface area contributed by atoms with Crippen LogP contribution in [0.5, 0.6) is 5.75 Å². The highest BCUT2D eigenvalue weighted by Gasteiger charge is 2.47. The average Bonchev–Trinajstić information content (AvgIpc) is 3.34. The highest BCUT2D eigenvalue weighted by atomic mass is 32.1. The lowest BCUT2D eigenvalue weighted by molar-refractivity contribution is -0.137. The molecular weight excluding hydrogens is 437 g/mol. The number of fused-ring (bicyclic) bond motifs is 1. The van der Waals surface area contributed by atoms with E-state index < -0.39 is 11.7 Å². The number of ether oxygens (including phenoxy) is 1. The number of nitrogens with zero attached hydrogens (tertiary/aromatic N) is 4. The maximum absolute atomic E-state index is 13.7. The van der Waals surface area contributed by atoms with Gasteiger partial charge in [0.1, 0.15) is 18.8 Å². The number of alkyl halides is 3. The molecule has 3 aromatic rings. The smallest absolute Gasteiger partial charge is 0.416 e. The fraction of sp³-hybridized carbons (Fsp3) is 0.348. The second kappa shape index (κ2) is 8.06. The van der Waals surface area contributed by atoms with Crippen LogP contribution in [-0.2, 0) is 6.18 Å². The number of likely N-dealkylation sites (N-methyl/N-ethyl adjacent to an activating group) is 1. The van der Waals surface area contributed by atoms with Crippen molar-refractivity contribution >= 4 is 33.5 Å². The molecule has 168 valence electrons. The third kappa shape index (κ3) is 3.54. The largest absolute Gasteiger partial charge is 0.481 e. The number of para-hydroxylation sites is 2. The summed E-state index contributed by atoms with van der Waals surface area (Å²) in [7, 11) is 2.03. The molecule has 1 fully saturated rings. The Kier molecular flexibility index (Phi) is 5.35. The summed E-state index contributed by atoms with van der Waals surface area (Å²) < 4.78 is 47.3. The lowest BCUT2D eigenvalue weighted by Gasteiger charge is -2.42. The van der Waals surface area contributed by atoms with Crippen molar-refractivity contribution in [3.05, 3.63) is 59.6 Å². The van der Waals surface area contributed by atoms with Crippen LogP contribution in [0.4, 0.5) is 35.4 Å². The van der Waals surface area contributed by atoms with Gasteiger partial charge in [-0.05, 0) is 25.2 Å². The number of piperazine rings is 1. The van der Waals surface area contributed by atoms with Gasteiger partial charge in [0.2, 0.25) is 0 Å². The molecular formula is C23H24F3N4OS+. The first-order valence-corrected chi connectivity index (χ1v) is 11.4. The Bertz CT molecular complexity index is 1100. The minimum Gasteiger partial charge on any atom is -0.481 e. The lowest BCUT2D eigenvalue weighted by atomic mass is 10.1. The fourth-order valence-electron chi connectivity index (χ4n) is 4.59. The molecule has 0 radical (unpaired) electrons. The molecule has 2 aliphatic heterocycles. The van der Waals surface area contributed by atoms with E-state index in [9.17, 15) is 13.2 Å². The summed E-state index contributed by atoms with van der Waals surface area (Å²) in [6.07, 6.45) is -2.66. The number of rotatable bonds is 3. The van der Waals surface area contributed by atoms with E-state index in [1.54, 1.807) is 12.3 Å². The number of hydrogen-bond acceptors (Lipinski definition) is 5. The van der Waals surface area contributed by atoms with E-state index in [0.717, 1.165) is 35.3 Å². The third-order valence-electron chi connectivity index (χ3n) is 6.26. The van der Waals surface area contributed by atoms with E-state index in [2.05, 4.69) is 14.8 Å². The van der Waals surface area contributed by atoms with Crippen molar-refractivity contribution in [1.82, 2.24) is 14.4 Å². The van der Waals surface area contributed by atoms with Gasteiger partial charge in [-0.3, -0.25) is 0 Å². The van der Waals surface area contributed by atoms with Crippen molar-refractivity contribution in [2.75, 3.05) is 51.3 Å². The number of quaternary nitrogens is 1. The zero-order valence-electron chi connectivity index (χ0n) is 17.7. The van der Waals surface area contributed by atoms with E-state index in [-0.39, 0.29) is 4.48 Å². The molecule has 32 heavy (non-hydrogen) atoms. The van der Waals surface area contributed by atoms with Crippen LogP contribution < -0.4 is 14.1 Å². The molecule has 1 unspecified atom stereocenters. The zero-order valence-corrected chi connectivity index (χ0v) is 18.5. The molecule has 0 amide bonds. The first-order chi connectivity index (χ1) is 15.4. The summed E-state index contributed by atoms with van der Waals surface area (Å²) in [5.41, 5.74) is 1.67. The first kappa shape index (κ1) is 21.2. The standard InChI is InChI=1S/C23H24F3N4OS/c1-28-9-11-29(12-10-28)18-16-17(23(24,25)26)6-7-19(18)30(22-27-8-15-32-22)13-14-31-21-5-3-2-4-20(21)30/h2-8,15-16H,9-14H2,1H3/q+1. The molecule has 9 heteroatoms. The quantitative estimate of drug-likeness (QED) is 0.497. The Labute approximate surface area is 188 Å². The van der Waals surface area contributed by atoms with Crippen LogP contribution in [0.2, 0.25) is 0 Å². The van der Waals surface area contributed by atoms with E-state index >= 15 is 0 Å². The Balaban J connectivity index is 1.76. The third-order valence-corrected chi connectivity index (χ3v) is 7.15. The molecule has 5 rings (SSSR count). The number of thiazole rings is 1. The van der Waals surface area contributed by atoms with Gasteiger partial charge >= 0.3 is 6.18 Å². The van der Waals surface area contributed by atoms with Gasteiger partial charge < -0.3 is 14.5 Å². The Morgan fingerprint density at radius 2 is 1.81 bits per heavy atom. The molecule has 1 aromatic heterocycles. The number of aromatic nitrogens is 1. The van der Waals surface area contributed by atoms with Crippen molar-refractivity contribution in [3.63, 3.8) is 0 Å². The highest BCUT2D eigenvalue weighted by molar-refractivity contribution is 7.13. The molecule has 2 aliphatic rings. The molecule has 1 atom stereocenters. The normalized spacial score (nSPS) is 21.8. The number of benzene rings is 2. The molecule has 0 spiro atoms. The van der Waals surface area contributed by atoms with E-state index in [1.807, 2.05) is 36.7 Å². The average molecular weight is 462 g/mol.